The van der Waals surface area contributed by atoms with Crippen molar-refractivity contribution in [3.63, 3.8) is 0 Å². The largest absolute Gasteiger partial charge is 0.357 e. The highest BCUT2D eigenvalue weighted by Crippen LogP contribution is 2.19. The number of hydrogen-bond donors (Lipinski definition) is 3. The van der Waals surface area contributed by atoms with Gasteiger partial charge in [-0.2, -0.15) is 0 Å². The normalized spacial score (nSPS) is 10.3. The molecule has 3 aromatic rings. The zero-order valence-electron chi connectivity index (χ0n) is 10.1. The molecule has 19 heavy (non-hydrogen) atoms. The molecular weight excluding hydrogens is 240 g/mol. The van der Waals surface area contributed by atoms with Crippen LogP contribution in [0, 0.1) is 0 Å². The van der Waals surface area contributed by atoms with Crippen LogP contribution in [0.1, 0.15) is 10.5 Å². The maximum Gasteiger partial charge on any atom is 0.272 e. The summed E-state index contributed by atoms with van der Waals surface area (Å²) in [5.74, 6) is -0.153. The Hall–Kier alpha value is -2.82. The topological polar surface area (TPSA) is 73.6 Å². The summed E-state index contributed by atoms with van der Waals surface area (Å²) in [6.07, 6.45) is 5.11. The van der Waals surface area contributed by atoms with Crippen molar-refractivity contribution in [2.75, 3.05) is 5.32 Å². The number of aromatic nitrogens is 3. The molecule has 0 aliphatic rings. The van der Waals surface area contributed by atoms with Gasteiger partial charge >= 0.3 is 0 Å². The number of carbonyl (C=O) groups excluding carboxylic acids is 1. The minimum atomic E-state index is -0.153. The first-order chi connectivity index (χ1) is 9.33. The Kier molecular flexibility index (Phi) is 2.86. The van der Waals surface area contributed by atoms with Crippen LogP contribution in [0.25, 0.3) is 11.3 Å². The molecule has 1 aromatic carbocycles. The number of H-pyrrole nitrogens is 2. The lowest BCUT2D eigenvalue weighted by atomic mass is 10.1. The lowest BCUT2D eigenvalue weighted by Crippen LogP contribution is -2.11. The van der Waals surface area contributed by atoms with Crippen LogP contribution < -0.4 is 5.32 Å². The molecule has 1 amide bonds. The van der Waals surface area contributed by atoms with Crippen molar-refractivity contribution in [3.05, 3.63) is 60.8 Å². The maximum absolute atomic E-state index is 11.8. The van der Waals surface area contributed by atoms with Crippen molar-refractivity contribution < 1.29 is 4.79 Å². The molecule has 5 nitrogen and oxygen atoms in total. The maximum atomic E-state index is 11.8. The van der Waals surface area contributed by atoms with Gasteiger partial charge in [0.1, 0.15) is 5.69 Å². The number of amides is 1. The van der Waals surface area contributed by atoms with Crippen molar-refractivity contribution >= 4 is 11.6 Å². The molecule has 3 rings (SSSR count). The lowest BCUT2D eigenvalue weighted by molar-refractivity contribution is 0.102. The summed E-state index contributed by atoms with van der Waals surface area (Å²) in [5, 5.41) is 2.82. The number of rotatable bonds is 3. The van der Waals surface area contributed by atoms with Crippen LogP contribution in [0.4, 0.5) is 5.69 Å². The van der Waals surface area contributed by atoms with Crippen molar-refractivity contribution in [3.8, 4) is 11.3 Å². The number of nitrogens with one attached hydrogen (secondary N) is 3. The second kappa shape index (κ2) is 4.81. The van der Waals surface area contributed by atoms with Gasteiger partial charge in [-0.3, -0.25) is 4.79 Å². The molecule has 0 unspecified atom stereocenters. The summed E-state index contributed by atoms with van der Waals surface area (Å²) in [6.45, 7) is 0. The first-order valence-corrected chi connectivity index (χ1v) is 5.86. The van der Waals surface area contributed by atoms with Gasteiger partial charge < -0.3 is 15.3 Å². The molecule has 0 saturated heterocycles. The quantitative estimate of drug-likeness (QED) is 0.670. The number of nitrogens with zero attached hydrogens (tertiary/aromatic N) is 1. The van der Waals surface area contributed by atoms with E-state index in [-0.39, 0.29) is 5.91 Å². The first-order valence-electron chi connectivity index (χ1n) is 5.86. The summed E-state index contributed by atoms with van der Waals surface area (Å²) >= 11 is 0. The van der Waals surface area contributed by atoms with Gasteiger partial charge in [0, 0.05) is 11.9 Å². The average Bonchev–Trinajstić information content (AvgIpc) is 3.13. The Bertz CT molecular complexity index is 654. The number of imidazole rings is 1. The second-order valence-electron chi connectivity index (χ2n) is 4.08. The zero-order valence-corrected chi connectivity index (χ0v) is 10.1. The predicted molar refractivity (Wildman–Crippen MR) is 72.8 cm³/mol. The zero-order chi connectivity index (χ0) is 13.1. The molecule has 2 aromatic heterocycles. The molecule has 3 N–H and O–H groups in total. The summed E-state index contributed by atoms with van der Waals surface area (Å²) in [4.78, 5) is 21.7. The summed E-state index contributed by atoms with van der Waals surface area (Å²) < 4.78 is 0. The minimum Gasteiger partial charge on any atom is -0.357 e. The predicted octanol–water partition coefficient (Wildman–Crippen LogP) is 2.66. The van der Waals surface area contributed by atoms with E-state index in [0.717, 1.165) is 16.9 Å². The molecule has 2 heterocycles. The molecule has 0 atom stereocenters. The Balaban J connectivity index is 1.75. The van der Waals surface area contributed by atoms with Gasteiger partial charge in [-0.1, -0.05) is 12.1 Å². The number of aromatic amines is 2. The van der Waals surface area contributed by atoms with E-state index in [4.69, 9.17) is 0 Å². The summed E-state index contributed by atoms with van der Waals surface area (Å²) in [7, 11) is 0. The molecule has 94 valence electrons. The van der Waals surface area contributed by atoms with Gasteiger partial charge in [-0.05, 0) is 29.8 Å². The molecule has 0 spiro atoms. The highest BCUT2D eigenvalue weighted by molar-refractivity contribution is 6.02. The van der Waals surface area contributed by atoms with E-state index in [1.165, 1.54) is 0 Å². The standard InChI is InChI=1S/C14H12N4O/c19-14(12-2-1-7-16-12)18-11-5-3-10(4-6-11)13-8-15-9-17-13/h1-9,16H,(H,15,17)(H,18,19). The van der Waals surface area contributed by atoms with Crippen LogP contribution in [0.5, 0.6) is 0 Å². The van der Waals surface area contributed by atoms with E-state index in [2.05, 4.69) is 20.3 Å². The molecule has 0 saturated carbocycles. The fraction of sp³-hybridized carbons (Fsp3) is 0. The van der Waals surface area contributed by atoms with Gasteiger partial charge in [0.2, 0.25) is 0 Å². The van der Waals surface area contributed by atoms with E-state index in [0.29, 0.717) is 5.69 Å². The monoisotopic (exact) mass is 252 g/mol. The lowest BCUT2D eigenvalue weighted by Gasteiger charge is -2.04. The molecule has 0 bridgehead atoms. The molecule has 0 fully saturated rings. The third-order valence-electron chi connectivity index (χ3n) is 2.79. The molecule has 0 aliphatic heterocycles. The van der Waals surface area contributed by atoms with Crippen LogP contribution >= 0.6 is 0 Å². The van der Waals surface area contributed by atoms with Crippen molar-refractivity contribution in [2.24, 2.45) is 0 Å². The Morgan fingerprint density at radius 3 is 2.58 bits per heavy atom. The Morgan fingerprint density at radius 1 is 1.11 bits per heavy atom. The van der Waals surface area contributed by atoms with Crippen molar-refractivity contribution in [1.82, 2.24) is 15.0 Å². The van der Waals surface area contributed by atoms with Crippen LogP contribution in [-0.2, 0) is 0 Å². The van der Waals surface area contributed by atoms with Gasteiger partial charge in [0.15, 0.2) is 0 Å². The SMILES string of the molecule is O=C(Nc1ccc(-c2cnc[nH]2)cc1)c1ccc[nH]1. The van der Waals surface area contributed by atoms with Gasteiger partial charge in [-0.25, -0.2) is 4.98 Å². The molecule has 0 aliphatic carbocycles. The molecule has 0 radical (unpaired) electrons. The van der Waals surface area contributed by atoms with Crippen LogP contribution in [0.2, 0.25) is 0 Å². The van der Waals surface area contributed by atoms with Crippen LogP contribution in [0.15, 0.2) is 55.1 Å². The highest BCUT2D eigenvalue weighted by atomic mass is 16.1. The third kappa shape index (κ3) is 2.40. The van der Waals surface area contributed by atoms with Gasteiger partial charge in [0.05, 0.1) is 18.2 Å². The second-order valence-corrected chi connectivity index (χ2v) is 4.08. The average molecular weight is 252 g/mol. The first kappa shape index (κ1) is 11.3. The fourth-order valence-electron chi connectivity index (χ4n) is 1.82. The Morgan fingerprint density at radius 2 is 1.95 bits per heavy atom. The Labute approximate surface area is 109 Å². The van der Waals surface area contributed by atoms with E-state index < -0.39 is 0 Å². The van der Waals surface area contributed by atoms with E-state index in [1.807, 2.05) is 24.3 Å². The summed E-state index contributed by atoms with van der Waals surface area (Å²) in [5.41, 5.74) is 3.26. The number of carbonyl (C=O) groups is 1. The summed E-state index contributed by atoms with van der Waals surface area (Å²) in [6, 6.07) is 11.1. The van der Waals surface area contributed by atoms with Crippen LogP contribution in [0.3, 0.4) is 0 Å². The van der Waals surface area contributed by atoms with Gasteiger partial charge in [0.25, 0.3) is 5.91 Å². The van der Waals surface area contributed by atoms with E-state index >= 15 is 0 Å². The fourth-order valence-corrected chi connectivity index (χ4v) is 1.82. The van der Waals surface area contributed by atoms with E-state index in [9.17, 15) is 4.79 Å². The number of benzene rings is 1. The minimum absolute atomic E-state index is 0.153. The molecular formula is C14H12N4O. The van der Waals surface area contributed by atoms with Crippen molar-refractivity contribution in [2.45, 2.75) is 0 Å². The molecule has 5 heteroatoms. The van der Waals surface area contributed by atoms with E-state index in [1.54, 1.807) is 30.9 Å². The van der Waals surface area contributed by atoms with Crippen molar-refractivity contribution in [1.29, 1.82) is 0 Å². The highest BCUT2D eigenvalue weighted by Gasteiger charge is 2.06. The smallest absolute Gasteiger partial charge is 0.272 e. The number of anilines is 1. The van der Waals surface area contributed by atoms with Crippen LogP contribution in [-0.4, -0.2) is 20.9 Å². The number of hydrogen-bond acceptors (Lipinski definition) is 2. The third-order valence-corrected chi connectivity index (χ3v) is 2.79. The van der Waals surface area contributed by atoms with Gasteiger partial charge in [-0.15, -0.1) is 0 Å².